The van der Waals surface area contributed by atoms with Gasteiger partial charge in [-0.05, 0) is 18.1 Å². The first-order valence-corrected chi connectivity index (χ1v) is 6.05. The maximum atomic E-state index is 11.8. The van der Waals surface area contributed by atoms with E-state index < -0.39 is 0 Å². The lowest BCUT2D eigenvalue weighted by Gasteiger charge is -2.09. The van der Waals surface area contributed by atoms with Crippen LogP contribution in [-0.2, 0) is 4.79 Å². The lowest BCUT2D eigenvalue weighted by molar-refractivity contribution is -0.117. The monoisotopic (exact) mass is 267 g/mol. The molecule has 6 nitrogen and oxygen atoms in total. The normalized spacial score (nSPS) is 19.7. The fourth-order valence-electron chi connectivity index (χ4n) is 1.89. The van der Waals surface area contributed by atoms with Crippen LogP contribution in [0.25, 0.3) is 11.7 Å². The largest absolute Gasteiger partial charge is 0.459 e. The van der Waals surface area contributed by atoms with Gasteiger partial charge in [-0.2, -0.15) is 0 Å². The fraction of sp³-hybridized carbons (Fsp3) is 0.364. The Hall–Kier alpha value is -1.82. The van der Waals surface area contributed by atoms with Gasteiger partial charge >= 0.3 is 6.01 Å². The highest BCUT2D eigenvalue weighted by atomic mass is 35.5. The van der Waals surface area contributed by atoms with Gasteiger partial charge in [0, 0.05) is 18.8 Å². The van der Waals surface area contributed by atoms with Gasteiger partial charge in [0.2, 0.25) is 5.91 Å². The van der Waals surface area contributed by atoms with Gasteiger partial charge in [-0.25, -0.2) is 0 Å². The summed E-state index contributed by atoms with van der Waals surface area (Å²) < 4.78 is 10.6. The first-order chi connectivity index (χ1) is 8.78. The number of rotatable bonds is 3. The quantitative estimate of drug-likeness (QED) is 0.795. The van der Waals surface area contributed by atoms with Gasteiger partial charge in [0.1, 0.15) is 0 Å². The molecule has 0 N–H and O–H groups in total. The molecule has 0 saturated carbocycles. The van der Waals surface area contributed by atoms with E-state index in [2.05, 4.69) is 10.2 Å². The highest BCUT2D eigenvalue weighted by molar-refractivity contribution is 6.18. The molecule has 2 aromatic heterocycles. The van der Waals surface area contributed by atoms with E-state index in [1.807, 2.05) is 0 Å². The predicted molar refractivity (Wildman–Crippen MR) is 63.2 cm³/mol. The van der Waals surface area contributed by atoms with E-state index in [1.165, 1.54) is 11.2 Å². The molecule has 18 heavy (non-hydrogen) atoms. The van der Waals surface area contributed by atoms with Crippen molar-refractivity contribution in [2.24, 2.45) is 5.92 Å². The molecule has 0 spiro atoms. The standard InChI is InChI=1S/C11H10ClN3O3/c12-5-7-4-9(16)15(6-7)11-14-13-10(18-11)8-2-1-3-17-8/h1-3,7H,4-6H2. The number of hydrogen-bond donors (Lipinski definition) is 0. The van der Waals surface area contributed by atoms with E-state index in [0.717, 1.165) is 0 Å². The van der Waals surface area contributed by atoms with E-state index >= 15 is 0 Å². The molecule has 1 atom stereocenters. The zero-order valence-corrected chi connectivity index (χ0v) is 10.1. The Bertz CT molecular complexity index is 552. The fourth-order valence-corrected chi connectivity index (χ4v) is 2.10. The second kappa shape index (κ2) is 4.45. The van der Waals surface area contributed by atoms with Crippen LogP contribution < -0.4 is 4.90 Å². The second-order valence-electron chi connectivity index (χ2n) is 4.10. The Labute approximate surface area is 108 Å². The number of amides is 1. The number of halogens is 1. The number of carbonyl (C=O) groups excluding carboxylic acids is 1. The first-order valence-electron chi connectivity index (χ1n) is 5.51. The summed E-state index contributed by atoms with van der Waals surface area (Å²) in [7, 11) is 0. The molecule has 0 aromatic carbocycles. The van der Waals surface area contributed by atoms with Crippen molar-refractivity contribution >= 4 is 23.5 Å². The van der Waals surface area contributed by atoms with Crippen molar-refractivity contribution in [2.75, 3.05) is 17.3 Å². The zero-order valence-electron chi connectivity index (χ0n) is 9.38. The minimum absolute atomic E-state index is 0.0460. The minimum Gasteiger partial charge on any atom is -0.459 e. The SMILES string of the molecule is O=C1CC(CCl)CN1c1nnc(-c2ccco2)o1. The predicted octanol–water partition coefficient (Wildman–Crippen LogP) is 1.92. The van der Waals surface area contributed by atoms with E-state index in [0.29, 0.717) is 24.6 Å². The molecule has 1 amide bonds. The highest BCUT2D eigenvalue weighted by Crippen LogP contribution is 2.27. The topological polar surface area (TPSA) is 72.4 Å². The van der Waals surface area contributed by atoms with Crippen molar-refractivity contribution in [3.8, 4) is 11.7 Å². The number of alkyl halides is 1. The molecule has 1 saturated heterocycles. The summed E-state index contributed by atoms with van der Waals surface area (Å²) >= 11 is 5.75. The van der Waals surface area contributed by atoms with E-state index in [9.17, 15) is 4.79 Å². The van der Waals surface area contributed by atoms with Gasteiger partial charge in [-0.15, -0.1) is 16.7 Å². The summed E-state index contributed by atoms with van der Waals surface area (Å²) in [6, 6.07) is 3.63. The van der Waals surface area contributed by atoms with Crippen molar-refractivity contribution in [1.29, 1.82) is 0 Å². The lowest BCUT2D eigenvalue weighted by atomic mass is 10.2. The third kappa shape index (κ3) is 1.88. The molecule has 1 unspecified atom stereocenters. The van der Waals surface area contributed by atoms with Crippen molar-refractivity contribution < 1.29 is 13.6 Å². The molecule has 3 rings (SSSR count). The Kier molecular flexibility index (Phi) is 2.79. The highest BCUT2D eigenvalue weighted by Gasteiger charge is 2.33. The summed E-state index contributed by atoms with van der Waals surface area (Å²) in [5.74, 6) is 1.28. The second-order valence-corrected chi connectivity index (χ2v) is 4.40. The zero-order chi connectivity index (χ0) is 12.5. The Morgan fingerprint density at radius 1 is 1.50 bits per heavy atom. The third-order valence-electron chi connectivity index (χ3n) is 2.80. The summed E-state index contributed by atoms with van der Waals surface area (Å²) in [5.41, 5.74) is 0. The molecular weight excluding hydrogens is 258 g/mol. The summed E-state index contributed by atoms with van der Waals surface area (Å²) in [4.78, 5) is 13.2. The van der Waals surface area contributed by atoms with E-state index in [1.54, 1.807) is 12.1 Å². The van der Waals surface area contributed by atoms with Crippen LogP contribution >= 0.6 is 11.6 Å². The van der Waals surface area contributed by atoms with Crippen LogP contribution in [-0.4, -0.2) is 28.5 Å². The number of anilines is 1. The van der Waals surface area contributed by atoms with Gasteiger partial charge < -0.3 is 8.83 Å². The van der Waals surface area contributed by atoms with E-state index in [4.69, 9.17) is 20.4 Å². The van der Waals surface area contributed by atoms with Gasteiger partial charge in [-0.1, -0.05) is 5.10 Å². The molecule has 0 radical (unpaired) electrons. The molecular formula is C11H10ClN3O3. The number of aromatic nitrogens is 2. The molecule has 3 heterocycles. The third-order valence-corrected chi connectivity index (χ3v) is 3.24. The van der Waals surface area contributed by atoms with Crippen molar-refractivity contribution in [1.82, 2.24) is 10.2 Å². The molecule has 0 bridgehead atoms. The molecule has 7 heteroatoms. The summed E-state index contributed by atoms with van der Waals surface area (Å²) in [6.07, 6.45) is 1.94. The summed E-state index contributed by atoms with van der Waals surface area (Å²) in [6.45, 7) is 0.516. The van der Waals surface area contributed by atoms with Crippen LogP contribution in [0.5, 0.6) is 0 Å². The Morgan fingerprint density at radius 3 is 3.06 bits per heavy atom. The van der Waals surface area contributed by atoms with Crippen LogP contribution in [0, 0.1) is 5.92 Å². The van der Waals surface area contributed by atoms with Crippen LogP contribution in [0.15, 0.2) is 27.2 Å². The van der Waals surface area contributed by atoms with E-state index in [-0.39, 0.29) is 23.7 Å². The minimum atomic E-state index is -0.0460. The smallest absolute Gasteiger partial charge is 0.325 e. The van der Waals surface area contributed by atoms with Crippen LogP contribution in [0.1, 0.15) is 6.42 Å². The van der Waals surface area contributed by atoms with Crippen molar-refractivity contribution in [3.63, 3.8) is 0 Å². The van der Waals surface area contributed by atoms with Crippen molar-refractivity contribution in [3.05, 3.63) is 18.4 Å². The van der Waals surface area contributed by atoms with Gasteiger partial charge in [0.05, 0.1) is 6.26 Å². The average Bonchev–Trinajstić information content (AvgIpc) is 3.08. The number of carbonyl (C=O) groups is 1. The Morgan fingerprint density at radius 2 is 2.39 bits per heavy atom. The maximum absolute atomic E-state index is 11.8. The maximum Gasteiger partial charge on any atom is 0.325 e. The van der Waals surface area contributed by atoms with Crippen LogP contribution in [0.3, 0.4) is 0 Å². The number of furan rings is 1. The summed E-state index contributed by atoms with van der Waals surface area (Å²) in [5, 5.41) is 7.71. The lowest BCUT2D eigenvalue weighted by Crippen LogP contribution is -2.24. The van der Waals surface area contributed by atoms with Gasteiger partial charge in [0.25, 0.3) is 5.89 Å². The number of nitrogens with zero attached hydrogens (tertiary/aromatic N) is 3. The number of hydrogen-bond acceptors (Lipinski definition) is 5. The molecule has 1 fully saturated rings. The van der Waals surface area contributed by atoms with Gasteiger partial charge in [0.15, 0.2) is 5.76 Å². The molecule has 1 aliphatic heterocycles. The van der Waals surface area contributed by atoms with Crippen molar-refractivity contribution in [2.45, 2.75) is 6.42 Å². The van der Waals surface area contributed by atoms with Crippen LogP contribution in [0.2, 0.25) is 0 Å². The first kappa shape index (κ1) is 11.3. The molecule has 2 aromatic rings. The molecule has 94 valence electrons. The molecule has 1 aliphatic rings. The average molecular weight is 268 g/mol. The van der Waals surface area contributed by atoms with Gasteiger partial charge in [-0.3, -0.25) is 9.69 Å². The van der Waals surface area contributed by atoms with Crippen LogP contribution in [0.4, 0.5) is 6.01 Å². The molecule has 0 aliphatic carbocycles. The Balaban J connectivity index is 1.84.